The Labute approximate surface area is 137 Å². The van der Waals surface area contributed by atoms with Gasteiger partial charge < -0.3 is 14.4 Å². The van der Waals surface area contributed by atoms with Gasteiger partial charge in [0.15, 0.2) is 0 Å². The first-order valence-electron chi connectivity index (χ1n) is 8.20. The first-order valence-corrected chi connectivity index (χ1v) is 8.20. The van der Waals surface area contributed by atoms with E-state index in [1.807, 2.05) is 33.0 Å². The van der Waals surface area contributed by atoms with Gasteiger partial charge in [0.2, 0.25) is 0 Å². The average molecular weight is 316 g/mol. The lowest BCUT2D eigenvalue weighted by molar-refractivity contribution is 0.0270. The number of amides is 1. The summed E-state index contributed by atoms with van der Waals surface area (Å²) in [5, 5.41) is 0. The van der Waals surface area contributed by atoms with Crippen molar-refractivity contribution in [1.29, 1.82) is 0 Å². The fourth-order valence-electron chi connectivity index (χ4n) is 2.50. The molecule has 2 aliphatic rings. The molecule has 0 bridgehead atoms. The maximum atomic E-state index is 12.1. The molecule has 1 saturated carbocycles. The third-order valence-corrected chi connectivity index (χ3v) is 3.81. The second-order valence-electron chi connectivity index (χ2n) is 7.09. The molecule has 0 unspecified atom stereocenters. The van der Waals surface area contributed by atoms with Gasteiger partial charge in [-0.1, -0.05) is 6.08 Å². The minimum Gasteiger partial charge on any atom is -0.490 e. The minimum absolute atomic E-state index is 0.256. The standard InChI is InChI=1S/C18H24N2O3/c1-18(2,3)23-17(21)20-10-7-13(8-11-20)15-12-19-9-6-16(15)22-14-4-5-14/h6-7,9,12,14H,4-5,8,10-11H2,1-3H3. The zero-order valence-corrected chi connectivity index (χ0v) is 14.0. The number of hydrogen-bond acceptors (Lipinski definition) is 4. The Morgan fingerprint density at radius 3 is 2.74 bits per heavy atom. The van der Waals surface area contributed by atoms with Crippen LogP contribution in [0.3, 0.4) is 0 Å². The van der Waals surface area contributed by atoms with Crippen molar-refractivity contribution in [1.82, 2.24) is 9.88 Å². The van der Waals surface area contributed by atoms with Crippen LogP contribution >= 0.6 is 0 Å². The molecule has 0 N–H and O–H groups in total. The van der Waals surface area contributed by atoms with Crippen LogP contribution in [-0.2, 0) is 4.74 Å². The van der Waals surface area contributed by atoms with Crippen LogP contribution < -0.4 is 4.74 Å². The molecule has 3 rings (SSSR count). The van der Waals surface area contributed by atoms with Gasteiger partial charge in [-0.15, -0.1) is 0 Å². The van der Waals surface area contributed by atoms with Crippen molar-refractivity contribution in [3.05, 3.63) is 30.1 Å². The molecule has 0 atom stereocenters. The van der Waals surface area contributed by atoms with Crippen molar-refractivity contribution in [3.8, 4) is 5.75 Å². The summed E-state index contributed by atoms with van der Waals surface area (Å²) in [5.74, 6) is 0.902. The van der Waals surface area contributed by atoms with Crippen molar-refractivity contribution in [3.63, 3.8) is 0 Å². The highest BCUT2D eigenvalue weighted by atomic mass is 16.6. The van der Waals surface area contributed by atoms with Crippen LogP contribution in [-0.4, -0.2) is 40.8 Å². The van der Waals surface area contributed by atoms with E-state index in [2.05, 4.69) is 11.1 Å². The highest BCUT2D eigenvalue weighted by molar-refractivity contribution is 5.74. The Balaban J connectivity index is 1.68. The van der Waals surface area contributed by atoms with Gasteiger partial charge in [0.25, 0.3) is 0 Å². The van der Waals surface area contributed by atoms with E-state index < -0.39 is 5.60 Å². The molecule has 1 fully saturated rings. The quantitative estimate of drug-likeness (QED) is 0.854. The summed E-state index contributed by atoms with van der Waals surface area (Å²) < 4.78 is 11.4. The normalized spacial score (nSPS) is 18.4. The first-order chi connectivity index (χ1) is 10.9. The van der Waals surface area contributed by atoms with Gasteiger partial charge in [-0.3, -0.25) is 4.98 Å². The summed E-state index contributed by atoms with van der Waals surface area (Å²) in [5.41, 5.74) is 1.77. The molecule has 1 amide bonds. The number of aromatic nitrogens is 1. The lowest BCUT2D eigenvalue weighted by Gasteiger charge is -2.29. The van der Waals surface area contributed by atoms with Crippen molar-refractivity contribution in [2.75, 3.05) is 13.1 Å². The fourth-order valence-corrected chi connectivity index (χ4v) is 2.50. The summed E-state index contributed by atoms with van der Waals surface area (Å²) in [6.07, 6.45) is 8.84. The molecule has 1 aromatic heterocycles. The molecular formula is C18H24N2O3. The highest BCUT2D eigenvalue weighted by Gasteiger charge is 2.27. The van der Waals surface area contributed by atoms with Crippen LogP contribution in [0.2, 0.25) is 0 Å². The first kappa shape index (κ1) is 15.8. The molecule has 5 nitrogen and oxygen atoms in total. The van der Waals surface area contributed by atoms with E-state index in [0.717, 1.165) is 30.6 Å². The molecule has 0 radical (unpaired) electrons. The van der Waals surface area contributed by atoms with E-state index >= 15 is 0 Å². The smallest absolute Gasteiger partial charge is 0.410 e. The molecule has 2 heterocycles. The number of carbonyl (C=O) groups is 1. The zero-order chi connectivity index (χ0) is 16.4. The van der Waals surface area contributed by atoms with E-state index in [1.54, 1.807) is 11.1 Å². The number of ether oxygens (including phenoxy) is 2. The Morgan fingerprint density at radius 2 is 2.13 bits per heavy atom. The van der Waals surface area contributed by atoms with Gasteiger partial charge in [0, 0.05) is 31.0 Å². The Morgan fingerprint density at radius 1 is 1.35 bits per heavy atom. The van der Waals surface area contributed by atoms with Gasteiger partial charge in [-0.2, -0.15) is 0 Å². The van der Waals surface area contributed by atoms with Crippen molar-refractivity contribution in [2.45, 2.75) is 51.7 Å². The largest absolute Gasteiger partial charge is 0.490 e. The Bertz CT molecular complexity index is 615. The van der Waals surface area contributed by atoms with Crippen molar-refractivity contribution < 1.29 is 14.3 Å². The molecule has 124 valence electrons. The molecule has 1 aromatic rings. The number of carbonyl (C=O) groups excluding carboxylic acids is 1. The second-order valence-corrected chi connectivity index (χ2v) is 7.09. The van der Waals surface area contributed by atoms with Gasteiger partial charge >= 0.3 is 6.09 Å². The summed E-state index contributed by atoms with van der Waals surface area (Å²) in [4.78, 5) is 18.1. The van der Waals surface area contributed by atoms with Crippen molar-refractivity contribution in [2.24, 2.45) is 0 Å². The molecule has 0 aromatic carbocycles. The van der Waals surface area contributed by atoms with Crippen molar-refractivity contribution >= 4 is 11.7 Å². The van der Waals surface area contributed by atoms with Crippen LogP contribution in [0.4, 0.5) is 4.79 Å². The van der Waals surface area contributed by atoms with Gasteiger partial charge in [0.1, 0.15) is 11.4 Å². The number of pyridine rings is 1. The number of hydrogen-bond donors (Lipinski definition) is 0. The molecule has 23 heavy (non-hydrogen) atoms. The molecule has 1 aliphatic carbocycles. The van der Waals surface area contributed by atoms with Crippen LogP contribution in [0.25, 0.3) is 5.57 Å². The maximum absolute atomic E-state index is 12.1. The zero-order valence-electron chi connectivity index (χ0n) is 14.0. The van der Waals surface area contributed by atoms with E-state index in [-0.39, 0.29) is 6.09 Å². The predicted molar refractivity (Wildman–Crippen MR) is 88.3 cm³/mol. The fraction of sp³-hybridized carbons (Fsp3) is 0.556. The van der Waals surface area contributed by atoms with Crippen LogP contribution in [0.5, 0.6) is 5.75 Å². The number of nitrogens with zero attached hydrogens (tertiary/aromatic N) is 2. The maximum Gasteiger partial charge on any atom is 0.410 e. The van der Waals surface area contributed by atoms with E-state index in [1.165, 1.54) is 5.57 Å². The van der Waals surface area contributed by atoms with Crippen LogP contribution in [0.15, 0.2) is 24.5 Å². The second kappa shape index (κ2) is 6.22. The summed E-state index contributed by atoms with van der Waals surface area (Å²) in [6.45, 7) is 6.86. The summed E-state index contributed by atoms with van der Waals surface area (Å²) in [7, 11) is 0. The highest BCUT2D eigenvalue weighted by Crippen LogP contribution is 2.34. The van der Waals surface area contributed by atoms with Gasteiger partial charge in [-0.05, 0) is 51.7 Å². The monoisotopic (exact) mass is 316 g/mol. The summed E-state index contributed by atoms with van der Waals surface area (Å²) >= 11 is 0. The van der Waals surface area contributed by atoms with E-state index in [4.69, 9.17) is 9.47 Å². The van der Waals surface area contributed by atoms with Gasteiger partial charge in [0.05, 0.1) is 6.10 Å². The van der Waals surface area contributed by atoms with E-state index in [0.29, 0.717) is 19.2 Å². The average Bonchev–Trinajstić information content (AvgIpc) is 3.30. The molecule has 1 aliphatic heterocycles. The molecule has 0 spiro atoms. The lowest BCUT2D eigenvalue weighted by Crippen LogP contribution is -2.39. The topological polar surface area (TPSA) is 51.7 Å². The Kier molecular flexibility index (Phi) is 4.28. The van der Waals surface area contributed by atoms with Crippen LogP contribution in [0.1, 0.15) is 45.6 Å². The lowest BCUT2D eigenvalue weighted by atomic mass is 10.0. The molecular weight excluding hydrogens is 292 g/mol. The number of rotatable bonds is 3. The predicted octanol–water partition coefficient (Wildman–Crippen LogP) is 3.65. The Hall–Kier alpha value is -2.04. The third-order valence-electron chi connectivity index (χ3n) is 3.81. The third kappa shape index (κ3) is 4.24. The minimum atomic E-state index is -0.463. The molecule has 0 saturated heterocycles. The SMILES string of the molecule is CC(C)(C)OC(=O)N1CC=C(c2cnccc2OC2CC2)CC1. The van der Waals surface area contributed by atoms with E-state index in [9.17, 15) is 4.79 Å². The summed E-state index contributed by atoms with van der Waals surface area (Å²) in [6, 6.07) is 1.93. The molecule has 5 heteroatoms. The van der Waals surface area contributed by atoms with Crippen LogP contribution in [0, 0.1) is 0 Å². The van der Waals surface area contributed by atoms with Gasteiger partial charge in [-0.25, -0.2) is 4.79 Å².